The monoisotopic (exact) mass is 519 g/mol. The molecule has 200 valence electrons. The molecule has 1 aromatic heterocycles. The van der Waals surface area contributed by atoms with E-state index < -0.39 is 41.9 Å². The standard InChI is InChI=1S/C26H33BF3N3O4/c1-9-10-15-33(22(34)35-23(2,3)4)16-19-31-20(21(32-19)26(28,29)30)17-11-13-18(14-12-17)27-36-24(5,6)25(7,8)37-27/h1,11-14H,10,15-16H2,2-8H3,(H,31,32). The first-order valence-corrected chi connectivity index (χ1v) is 12.0. The van der Waals surface area contributed by atoms with Gasteiger partial charge in [-0.15, -0.1) is 12.3 Å². The molecular formula is C26H33BF3N3O4. The van der Waals surface area contributed by atoms with E-state index in [4.69, 9.17) is 20.5 Å². The lowest BCUT2D eigenvalue weighted by atomic mass is 9.78. The third-order valence-electron chi connectivity index (χ3n) is 6.26. The molecule has 0 saturated carbocycles. The van der Waals surface area contributed by atoms with Gasteiger partial charge in [0, 0.05) is 18.5 Å². The van der Waals surface area contributed by atoms with Crippen LogP contribution in [0.25, 0.3) is 11.3 Å². The highest BCUT2D eigenvalue weighted by molar-refractivity contribution is 6.62. The van der Waals surface area contributed by atoms with Crippen LogP contribution >= 0.6 is 0 Å². The maximum absolute atomic E-state index is 13.9. The summed E-state index contributed by atoms with van der Waals surface area (Å²) in [5.41, 5.74) is -2.22. The highest BCUT2D eigenvalue weighted by Gasteiger charge is 2.51. The number of amides is 1. The second-order valence-corrected chi connectivity index (χ2v) is 11.0. The van der Waals surface area contributed by atoms with Crippen molar-refractivity contribution in [1.82, 2.24) is 14.9 Å². The fourth-order valence-corrected chi connectivity index (χ4v) is 3.63. The number of H-pyrrole nitrogens is 1. The Morgan fingerprint density at radius 1 is 1.14 bits per heavy atom. The molecule has 0 unspecified atom stereocenters. The number of ether oxygens (including phenoxy) is 1. The molecule has 0 spiro atoms. The zero-order valence-electron chi connectivity index (χ0n) is 22.2. The zero-order valence-corrected chi connectivity index (χ0v) is 22.2. The Kier molecular flexibility index (Phi) is 7.78. The first-order valence-electron chi connectivity index (χ1n) is 12.0. The van der Waals surface area contributed by atoms with Crippen molar-refractivity contribution in [2.24, 2.45) is 0 Å². The predicted molar refractivity (Wildman–Crippen MR) is 135 cm³/mol. The molecule has 1 N–H and O–H groups in total. The van der Waals surface area contributed by atoms with Gasteiger partial charge in [-0.2, -0.15) is 13.2 Å². The number of hydrogen-bond donors (Lipinski definition) is 1. The number of alkyl halides is 3. The molecule has 37 heavy (non-hydrogen) atoms. The number of aromatic nitrogens is 2. The van der Waals surface area contributed by atoms with E-state index in [9.17, 15) is 18.0 Å². The van der Waals surface area contributed by atoms with Gasteiger partial charge in [-0.05, 0) is 53.9 Å². The van der Waals surface area contributed by atoms with Crippen LogP contribution in [0.15, 0.2) is 24.3 Å². The maximum atomic E-state index is 13.9. The van der Waals surface area contributed by atoms with Crippen LogP contribution in [0.4, 0.5) is 18.0 Å². The van der Waals surface area contributed by atoms with Crippen LogP contribution in [0.5, 0.6) is 0 Å². The van der Waals surface area contributed by atoms with E-state index >= 15 is 0 Å². The summed E-state index contributed by atoms with van der Waals surface area (Å²) < 4.78 is 59.2. The molecule has 2 heterocycles. The van der Waals surface area contributed by atoms with Crippen molar-refractivity contribution in [2.75, 3.05) is 6.54 Å². The molecule has 11 heteroatoms. The van der Waals surface area contributed by atoms with Crippen molar-refractivity contribution in [3.63, 3.8) is 0 Å². The lowest BCUT2D eigenvalue weighted by Crippen LogP contribution is -2.41. The minimum absolute atomic E-state index is 0.0414. The lowest BCUT2D eigenvalue weighted by molar-refractivity contribution is -0.140. The molecule has 1 aliphatic rings. The maximum Gasteiger partial charge on any atom is 0.494 e. The summed E-state index contributed by atoms with van der Waals surface area (Å²) in [6.07, 6.45) is 0.147. The number of carbonyl (C=O) groups excluding carboxylic acids is 1. The smallest absolute Gasteiger partial charge is 0.444 e. The summed E-state index contributed by atoms with van der Waals surface area (Å²) in [5, 5.41) is 0. The second kappa shape index (κ2) is 10.1. The minimum atomic E-state index is -4.69. The quantitative estimate of drug-likeness (QED) is 0.422. The molecule has 0 atom stereocenters. The van der Waals surface area contributed by atoms with Gasteiger partial charge in [-0.3, -0.25) is 4.90 Å². The third kappa shape index (κ3) is 6.68. The Balaban J connectivity index is 1.89. The molecule has 7 nitrogen and oxygen atoms in total. The highest BCUT2D eigenvalue weighted by Crippen LogP contribution is 2.38. The number of nitrogens with zero attached hydrogens (tertiary/aromatic N) is 2. The minimum Gasteiger partial charge on any atom is -0.444 e. The molecule has 1 saturated heterocycles. The van der Waals surface area contributed by atoms with Crippen LogP contribution in [0.3, 0.4) is 0 Å². The molecule has 0 aliphatic carbocycles. The molecule has 0 bridgehead atoms. The van der Waals surface area contributed by atoms with Gasteiger partial charge in [0.15, 0.2) is 0 Å². The van der Waals surface area contributed by atoms with E-state index in [-0.39, 0.29) is 36.6 Å². The number of rotatable bonds is 6. The van der Waals surface area contributed by atoms with E-state index in [2.05, 4.69) is 15.9 Å². The number of nitrogens with one attached hydrogen (secondary N) is 1. The fourth-order valence-electron chi connectivity index (χ4n) is 3.63. The number of terminal acetylenes is 1. The highest BCUT2D eigenvalue weighted by atomic mass is 19.4. The van der Waals surface area contributed by atoms with E-state index in [1.54, 1.807) is 45.0 Å². The Morgan fingerprint density at radius 2 is 1.70 bits per heavy atom. The third-order valence-corrected chi connectivity index (χ3v) is 6.26. The van der Waals surface area contributed by atoms with Gasteiger partial charge >= 0.3 is 19.4 Å². The molecule has 3 rings (SSSR count). The predicted octanol–water partition coefficient (Wildman–Crippen LogP) is 5.16. The average Bonchev–Trinajstić information content (AvgIpc) is 3.28. The average molecular weight is 519 g/mol. The van der Waals surface area contributed by atoms with Crippen molar-refractivity contribution in [3.8, 4) is 23.6 Å². The Labute approximate surface area is 216 Å². The van der Waals surface area contributed by atoms with Crippen molar-refractivity contribution in [1.29, 1.82) is 0 Å². The summed E-state index contributed by atoms with van der Waals surface area (Å²) in [7, 11) is -0.644. The van der Waals surface area contributed by atoms with E-state index in [1.165, 1.54) is 4.90 Å². The summed E-state index contributed by atoms with van der Waals surface area (Å²) in [5.74, 6) is 2.38. The number of carbonyl (C=O) groups is 1. The number of aromatic amines is 1. The molecule has 0 radical (unpaired) electrons. The Morgan fingerprint density at radius 3 is 2.19 bits per heavy atom. The van der Waals surface area contributed by atoms with E-state index in [0.717, 1.165) is 0 Å². The van der Waals surface area contributed by atoms with Crippen LogP contribution in [-0.2, 0) is 26.8 Å². The molecule has 1 fully saturated rings. The summed E-state index contributed by atoms with van der Waals surface area (Å²) >= 11 is 0. The summed E-state index contributed by atoms with van der Waals surface area (Å²) in [6.45, 7) is 12.7. The Hall–Kier alpha value is -2.97. The number of halogens is 3. The zero-order chi connectivity index (χ0) is 27.8. The molecular weight excluding hydrogens is 486 g/mol. The van der Waals surface area contributed by atoms with Gasteiger partial charge < -0.3 is 19.0 Å². The van der Waals surface area contributed by atoms with Gasteiger partial charge in [-0.25, -0.2) is 9.78 Å². The lowest BCUT2D eigenvalue weighted by Gasteiger charge is -2.32. The number of hydrogen-bond acceptors (Lipinski definition) is 5. The number of imidazole rings is 1. The van der Waals surface area contributed by atoms with Crippen LogP contribution in [0, 0.1) is 12.3 Å². The summed E-state index contributed by atoms with van der Waals surface area (Å²) in [4.78, 5) is 20.4. The fraction of sp³-hybridized carbons (Fsp3) is 0.538. The van der Waals surface area contributed by atoms with Gasteiger partial charge in [0.25, 0.3) is 0 Å². The topological polar surface area (TPSA) is 76.7 Å². The van der Waals surface area contributed by atoms with E-state index in [0.29, 0.717) is 5.46 Å². The van der Waals surface area contributed by atoms with Crippen LogP contribution in [0.2, 0.25) is 0 Å². The Bertz CT molecular complexity index is 1150. The molecule has 1 aromatic carbocycles. The first-order chi connectivity index (χ1) is 16.9. The first kappa shape index (κ1) is 28.6. The van der Waals surface area contributed by atoms with Gasteiger partial charge in [-0.1, -0.05) is 24.3 Å². The number of benzene rings is 1. The second-order valence-electron chi connectivity index (χ2n) is 11.0. The largest absolute Gasteiger partial charge is 0.494 e. The molecule has 1 amide bonds. The summed E-state index contributed by atoms with van der Waals surface area (Å²) in [6, 6.07) is 6.40. The van der Waals surface area contributed by atoms with E-state index in [1.807, 2.05) is 27.7 Å². The van der Waals surface area contributed by atoms with Crippen LogP contribution < -0.4 is 5.46 Å². The van der Waals surface area contributed by atoms with Crippen molar-refractivity contribution in [2.45, 2.75) is 84.4 Å². The van der Waals surface area contributed by atoms with Gasteiger partial charge in [0.05, 0.1) is 17.7 Å². The van der Waals surface area contributed by atoms with Crippen LogP contribution in [0.1, 0.15) is 66.4 Å². The van der Waals surface area contributed by atoms with Crippen molar-refractivity contribution >= 4 is 18.7 Å². The van der Waals surface area contributed by atoms with Crippen LogP contribution in [-0.4, -0.2) is 51.4 Å². The van der Waals surface area contributed by atoms with Gasteiger partial charge in [0.1, 0.15) is 22.8 Å². The molecule has 2 aromatic rings. The van der Waals surface area contributed by atoms with Gasteiger partial charge in [0.2, 0.25) is 0 Å². The van der Waals surface area contributed by atoms with Crippen molar-refractivity contribution < 1.29 is 32.0 Å². The molecule has 1 aliphatic heterocycles. The SMILES string of the molecule is C#CCCN(Cc1nc(-c2ccc(B3OC(C)(C)C(C)(C)O3)cc2)c(C(F)(F)F)[nH]1)C(=O)OC(C)(C)C. The van der Waals surface area contributed by atoms with Crippen molar-refractivity contribution in [3.05, 3.63) is 35.8 Å². The normalized spacial score (nSPS) is 16.9.